The molecule has 0 atom stereocenters. The Bertz CT molecular complexity index is 557. The summed E-state index contributed by atoms with van der Waals surface area (Å²) < 4.78 is 34.0. The van der Waals surface area contributed by atoms with E-state index in [4.69, 9.17) is 4.74 Å². The van der Waals surface area contributed by atoms with Crippen LogP contribution in [0.25, 0.3) is 0 Å². The third-order valence-corrected chi connectivity index (χ3v) is 5.87. The molecule has 2 N–H and O–H groups in total. The van der Waals surface area contributed by atoms with Crippen LogP contribution in [0.1, 0.15) is 29.8 Å². The molecular weight excluding hydrogens is 304 g/mol. The summed E-state index contributed by atoms with van der Waals surface area (Å²) in [5, 5.41) is 7.04. The van der Waals surface area contributed by atoms with Crippen molar-refractivity contribution < 1.29 is 13.2 Å². The maximum atomic E-state index is 12.3. The van der Waals surface area contributed by atoms with Gasteiger partial charge in [-0.3, -0.25) is 5.10 Å². The van der Waals surface area contributed by atoms with Gasteiger partial charge in [0.2, 0.25) is 0 Å². The Kier molecular flexibility index (Phi) is 5.96. The fourth-order valence-electron chi connectivity index (χ4n) is 2.89. The second-order valence-corrected chi connectivity index (χ2v) is 7.61. The summed E-state index contributed by atoms with van der Waals surface area (Å²) in [6.45, 7) is 6.10. The Labute approximate surface area is 132 Å². The van der Waals surface area contributed by atoms with Gasteiger partial charge in [-0.05, 0) is 44.6 Å². The summed E-state index contributed by atoms with van der Waals surface area (Å²) in [6, 6.07) is 0. The first-order valence-electron chi connectivity index (χ1n) is 7.68. The van der Waals surface area contributed by atoms with Crippen LogP contribution >= 0.6 is 0 Å². The highest BCUT2D eigenvalue weighted by Gasteiger charge is 2.27. The van der Waals surface area contributed by atoms with E-state index in [1.54, 1.807) is 7.11 Å². The number of aromatic amines is 1. The van der Waals surface area contributed by atoms with Crippen molar-refractivity contribution in [2.75, 3.05) is 33.4 Å². The van der Waals surface area contributed by atoms with Gasteiger partial charge >= 0.3 is 0 Å². The zero-order valence-electron chi connectivity index (χ0n) is 13.6. The Morgan fingerprint density at radius 3 is 2.59 bits per heavy atom. The first kappa shape index (κ1) is 17.4. The number of aromatic nitrogens is 2. The van der Waals surface area contributed by atoms with E-state index in [2.05, 4.69) is 14.9 Å². The number of hydrogen-bond acceptors (Lipinski definition) is 4. The second-order valence-electron chi connectivity index (χ2n) is 5.86. The van der Waals surface area contributed by atoms with Crippen molar-refractivity contribution in [3.05, 3.63) is 17.0 Å². The van der Waals surface area contributed by atoms with Crippen molar-refractivity contribution in [2.24, 2.45) is 5.92 Å². The third kappa shape index (κ3) is 4.28. The van der Waals surface area contributed by atoms with Crippen molar-refractivity contribution in [2.45, 2.75) is 33.1 Å². The molecule has 0 bridgehead atoms. The Balaban J connectivity index is 1.82. The average Bonchev–Trinajstić information content (AvgIpc) is 2.80. The van der Waals surface area contributed by atoms with Crippen LogP contribution in [-0.4, -0.2) is 56.3 Å². The molecule has 1 fully saturated rings. The molecule has 0 unspecified atom stereocenters. The Morgan fingerprint density at radius 2 is 2.05 bits per heavy atom. The molecule has 0 spiro atoms. The van der Waals surface area contributed by atoms with E-state index in [0.29, 0.717) is 38.6 Å². The number of nitrogens with one attached hydrogen (secondary N) is 2. The minimum Gasteiger partial charge on any atom is -0.384 e. The topological polar surface area (TPSA) is 87.3 Å². The third-order valence-electron chi connectivity index (χ3n) is 4.26. The number of hydrogen-bond donors (Lipinski definition) is 2. The molecule has 0 aliphatic carbocycles. The summed E-state index contributed by atoms with van der Waals surface area (Å²) >= 11 is 0. The van der Waals surface area contributed by atoms with E-state index in [0.717, 1.165) is 29.8 Å². The highest BCUT2D eigenvalue weighted by Crippen LogP contribution is 2.19. The van der Waals surface area contributed by atoms with Gasteiger partial charge in [-0.15, -0.1) is 0 Å². The number of aryl methyl sites for hydroxylation is 2. The first-order chi connectivity index (χ1) is 10.4. The van der Waals surface area contributed by atoms with Crippen molar-refractivity contribution >= 4 is 10.2 Å². The van der Waals surface area contributed by atoms with Gasteiger partial charge in [-0.2, -0.15) is 17.8 Å². The Morgan fingerprint density at radius 1 is 1.36 bits per heavy atom. The molecule has 0 aromatic carbocycles. The number of nitrogens with zero attached hydrogens (tertiary/aromatic N) is 2. The van der Waals surface area contributed by atoms with Crippen LogP contribution in [0, 0.1) is 19.8 Å². The molecule has 1 aromatic rings. The van der Waals surface area contributed by atoms with Crippen LogP contribution in [0.4, 0.5) is 0 Å². The average molecular weight is 330 g/mol. The zero-order valence-corrected chi connectivity index (χ0v) is 14.4. The van der Waals surface area contributed by atoms with Crippen LogP contribution in [-0.2, 0) is 21.4 Å². The molecule has 7 nitrogen and oxygen atoms in total. The van der Waals surface area contributed by atoms with E-state index in [-0.39, 0.29) is 0 Å². The highest BCUT2D eigenvalue weighted by atomic mass is 32.2. The molecule has 0 radical (unpaired) electrons. The van der Waals surface area contributed by atoms with Crippen molar-refractivity contribution in [1.82, 2.24) is 19.2 Å². The standard InChI is InChI=1S/C14H26N4O3S/c1-11-14(12(2)17-16-11)4-7-15-22(19,20)18-8-5-13(6-9-18)10-21-3/h13,15H,4-10H2,1-3H3,(H,16,17). The van der Waals surface area contributed by atoms with Gasteiger partial charge in [0.05, 0.1) is 5.69 Å². The van der Waals surface area contributed by atoms with Crippen molar-refractivity contribution in [3.63, 3.8) is 0 Å². The van der Waals surface area contributed by atoms with Crippen LogP contribution in [0.3, 0.4) is 0 Å². The largest absolute Gasteiger partial charge is 0.384 e. The number of methoxy groups -OCH3 is 1. The van der Waals surface area contributed by atoms with Gasteiger partial charge in [-0.1, -0.05) is 0 Å². The highest BCUT2D eigenvalue weighted by molar-refractivity contribution is 7.87. The van der Waals surface area contributed by atoms with Gasteiger partial charge in [0, 0.05) is 39.0 Å². The molecule has 0 saturated carbocycles. The SMILES string of the molecule is COCC1CCN(S(=O)(=O)NCCc2c(C)n[nH]c2C)CC1. The Hall–Kier alpha value is -0.960. The molecule has 22 heavy (non-hydrogen) atoms. The lowest BCUT2D eigenvalue weighted by Crippen LogP contribution is -2.45. The number of ether oxygens (including phenoxy) is 1. The predicted octanol–water partition coefficient (Wildman–Crippen LogP) is 0.762. The van der Waals surface area contributed by atoms with Crippen molar-refractivity contribution in [3.8, 4) is 0 Å². The maximum absolute atomic E-state index is 12.3. The molecule has 1 aromatic heterocycles. The molecule has 8 heteroatoms. The molecule has 2 rings (SSSR count). The summed E-state index contributed by atoms with van der Waals surface area (Å²) in [6.07, 6.45) is 2.36. The summed E-state index contributed by atoms with van der Waals surface area (Å²) in [7, 11) is -1.70. The summed E-state index contributed by atoms with van der Waals surface area (Å²) in [4.78, 5) is 0. The fraction of sp³-hybridized carbons (Fsp3) is 0.786. The number of piperidine rings is 1. The second kappa shape index (κ2) is 7.54. The van der Waals surface area contributed by atoms with Crippen LogP contribution in [0.2, 0.25) is 0 Å². The summed E-state index contributed by atoms with van der Waals surface area (Å²) in [5.41, 5.74) is 3.01. The van der Waals surface area contributed by atoms with Gasteiger partial charge in [0.15, 0.2) is 0 Å². The molecule has 1 saturated heterocycles. The first-order valence-corrected chi connectivity index (χ1v) is 9.12. The maximum Gasteiger partial charge on any atom is 0.279 e. The van der Waals surface area contributed by atoms with Gasteiger partial charge in [-0.25, -0.2) is 4.72 Å². The van der Waals surface area contributed by atoms with Gasteiger partial charge in [0.25, 0.3) is 10.2 Å². The smallest absolute Gasteiger partial charge is 0.279 e. The minimum atomic E-state index is -3.39. The zero-order chi connectivity index (χ0) is 16.2. The van der Waals surface area contributed by atoms with Gasteiger partial charge < -0.3 is 4.74 Å². The normalized spacial score (nSPS) is 18.0. The predicted molar refractivity (Wildman–Crippen MR) is 84.9 cm³/mol. The van der Waals surface area contributed by atoms with E-state index in [1.807, 2.05) is 13.8 Å². The molecule has 126 valence electrons. The summed E-state index contributed by atoms with van der Waals surface area (Å²) in [5.74, 6) is 0.465. The lowest BCUT2D eigenvalue weighted by atomic mass is 9.99. The fourth-order valence-corrected chi connectivity index (χ4v) is 4.12. The monoisotopic (exact) mass is 330 g/mol. The van der Waals surface area contributed by atoms with E-state index < -0.39 is 10.2 Å². The van der Waals surface area contributed by atoms with Gasteiger partial charge in [0.1, 0.15) is 0 Å². The molecule has 1 aliphatic heterocycles. The van der Waals surface area contributed by atoms with Crippen LogP contribution < -0.4 is 4.72 Å². The molecular formula is C14H26N4O3S. The molecule has 2 heterocycles. The number of H-pyrrole nitrogens is 1. The molecule has 1 aliphatic rings. The van der Waals surface area contributed by atoms with E-state index in [9.17, 15) is 8.42 Å². The number of rotatable bonds is 7. The van der Waals surface area contributed by atoms with Crippen LogP contribution in [0.15, 0.2) is 0 Å². The van der Waals surface area contributed by atoms with E-state index in [1.165, 1.54) is 4.31 Å². The lowest BCUT2D eigenvalue weighted by Gasteiger charge is -2.30. The van der Waals surface area contributed by atoms with E-state index >= 15 is 0 Å². The van der Waals surface area contributed by atoms with Crippen LogP contribution in [0.5, 0.6) is 0 Å². The quantitative estimate of drug-likeness (QED) is 0.773. The minimum absolute atomic E-state index is 0.390. The lowest BCUT2D eigenvalue weighted by molar-refractivity contribution is 0.121. The molecule has 0 amide bonds. The van der Waals surface area contributed by atoms with Crippen molar-refractivity contribution in [1.29, 1.82) is 0 Å².